The summed E-state index contributed by atoms with van der Waals surface area (Å²) >= 11 is 0. The predicted octanol–water partition coefficient (Wildman–Crippen LogP) is 4.01. The standard InChI is InChI=1S/C18H36N2/c1-5-20(15(2)3)18-10-12-19(13-11-18)14-17-8-6-16(4)7-9-17/h15-18H,5-14H2,1-4H3. The molecule has 118 valence electrons. The lowest BCUT2D eigenvalue weighted by atomic mass is 9.82. The Morgan fingerprint density at radius 1 is 1.00 bits per heavy atom. The summed E-state index contributed by atoms with van der Waals surface area (Å²) < 4.78 is 0. The first-order valence-electron chi connectivity index (χ1n) is 9.08. The van der Waals surface area contributed by atoms with E-state index in [4.69, 9.17) is 0 Å². The van der Waals surface area contributed by atoms with Crippen molar-refractivity contribution >= 4 is 0 Å². The monoisotopic (exact) mass is 280 g/mol. The van der Waals surface area contributed by atoms with Gasteiger partial charge in [-0.1, -0.05) is 26.7 Å². The molecule has 1 aliphatic carbocycles. The fraction of sp³-hybridized carbons (Fsp3) is 1.00. The number of nitrogens with zero attached hydrogens (tertiary/aromatic N) is 2. The minimum absolute atomic E-state index is 0.705. The Kier molecular flexibility index (Phi) is 6.35. The van der Waals surface area contributed by atoms with Gasteiger partial charge in [-0.2, -0.15) is 0 Å². The highest BCUT2D eigenvalue weighted by atomic mass is 15.2. The van der Waals surface area contributed by atoms with E-state index < -0.39 is 0 Å². The van der Waals surface area contributed by atoms with Gasteiger partial charge in [-0.15, -0.1) is 0 Å². The highest BCUT2D eigenvalue weighted by Crippen LogP contribution is 2.29. The minimum Gasteiger partial charge on any atom is -0.303 e. The van der Waals surface area contributed by atoms with Gasteiger partial charge in [0.2, 0.25) is 0 Å². The Morgan fingerprint density at radius 2 is 1.60 bits per heavy atom. The van der Waals surface area contributed by atoms with Crippen molar-refractivity contribution in [3.63, 3.8) is 0 Å². The maximum absolute atomic E-state index is 2.76. The van der Waals surface area contributed by atoms with E-state index >= 15 is 0 Å². The zero-order valence-corrected chi connectivity index (χ0v) is 14.3. The van der Waals surface area contributed by atoms with Gasteiger partial charge in [0.15, 0.2) is 0 Å². The van der Waals surface area contributed by atoms with Gasteiger partial charge < -0.3 is 4.90 Å². The van der Waals surface area contributed by atoms with Crippen LogP contribution in [0.4, 0.5) is 0 Å². The fourth-order valence-corrected chi connectivity index (χ4v) is 4.36. The molecule has 0 N–H and O–H groups in total. The molecule has 0 atom stereocenters. The molecule has 1 saturated heterocycles. The van der Waals surface area contributed by atoms with Crippen molar-refractivity contribution in [2.45, 2.75) is 78.3 Å². The van der Waals surface area contributed by atoms with Crippen LogP contribution in [0.15, 0.2) is 0 Å². The van der Waals surface area contributed by atoms with Crippen molar-refractivity contribution in [3.05, 3.63) is 0 Å². The molecule has 2 rings (SSSR count). The third-order valence-corrected chi connectivity index (χ3v) is 5.71. The molecule has 0 amide bonds. The number of hydrogen-bond acceptors (Lipinski definition) is 2. The van der Waals surface area contributed by atoms with Crippen molar-refractivity contribution in [1.82, 2.24) is 9.80 Å². The van der Waals surface area contributed by atoms with E-state index in [0.29, 0.717) is 6.04 Å². The molecule has 2 nitrogen and oxygen atoms in total. The third-order valence-electron chi connectivity index (χ3n) is 5.71. The van der Waals surface area contributed by atoms with E-state index in [1.807, 2.05) is 0 Å². The first-order valence-corrected chi connectivity index (χ1v) is 9.08. The molecular weight excluding hydrogens is 244 g/mol. The highest BCUT2D eigenvalue weighted by molar-refractivity contribution is 4.82. The van der Waals surface area contributed by atoms with Crippen LogP contribution in [0.5, 0.6) is 0 Å². The van der Waals surface area contributed by atoms with Crippen LogP contribution in [0.25, 0.3) is 0 Å². The summed E-state index contributed by atoms with van der Waals surface area (Å²) in [5.41, 5.74) is 0. The van der Waals surface area contributed by atoms with Crippen LogP contribution in [-0.2, 0) is 0 Å². The average Bonchev–Trinajstić information content (AvgIpc) is 2.44. The van der Waals surface area contributed by atoms with Crippen molar-refractivity contribution in [2.75, 3.05) is 26.2 Å². The second kappa shape index (κ2) is 7.79. The summed E-state index contributed by atoms with van der Waals surface area (Å²) in [6.45, 7) is 14.7. The summed E-state index contributed by atoms with van der Waals surface area (Å²) in [6, 6.07) is 1.54. The summed E-state index contributed by atoms with van der Waals surface area (Å²) in [4.78, 5) is 5.45. The fourth-order valence-electron chi connectivity index (χ4n) is 4.36. The molecule has 0 bridgehead atoms. The van der Waals surface area contributed by atoms with E-state index in [0.717, 1.165) is 17.9 Å². The lowest BCUT2D eigenvalue weighted by Gasteiger charge is -2.41. The second-order valence-electron chi connectivity index (χ2n) is 7.58. The van der Waals surface area contributed by atoms with Crippen LogP contribution in [0, 0.1) is 11.8 Å². The molecule has 0 aromatic heterocycles. The number of piperidine rings is 1. The Labute approximate surface area is 126 Å². The first-order chi connectivity index (χ1) is 9.60. The van der Waals surface area contributed by atoms with Crippen LogP contribution in [-0.4, -0.2) is 48.1 Å². The van der Waals surface area contributed by atoms with Crippen LogP contribution >= 0.6 is 0 Å². The smallest absolute Gasteiger partial charge is 0.0122 e. The maximum Gasteiger partial charge on any atom is 0.0122 e. The Balaban J connectivity index is 1.71. The molecule has 20 heavy (non-hydrogen) atoms. The van der Waals surface area contributed by atoms with Crippen molar-refractivity contribution in [3.8, 4) is 0 Å². The normalized spacial score (nSPS) is 30.3. The molecule has 0 spiro atoms. The molecule has 1 heterocycles. The van der Waals surface area contributed by atoms with Crippen LogP contribution < -0.4 is 0 Å². The van der Waals surface area contributed by atoms with Gasteiger partial charge >= 0.3 is 0 Å². The van der Waals surface area contributed by atoms with Gasteiger partial charge in [0.1, 0.15) is 0 Å². The average molecular weight is 280 g/mol. The quantitative estimate of drug-likeness (QED) is 0.751. The van der Waals surface area contributed by atoms with Gasteiger partial charge in [0.05, 0.1) is 0 Å². The van der Waals surface area contributed by atoms with Gasteiger partial charge in [-0.05, 0) is 71.0 Å². The Morgan fingerprint density at radius 3 is 2.10 bits per heavy atom. The number of hydrogen-bond donors (Lipinski definition) is 0. The number of likely N-dealkylation sites (tertiary alicyclic amines) is 1. The van der Waals surface area contributed by atoms with Crippen LogP contribution in [0.3, 0.4) is 0 Å². The zero-order valence-electron chi connectivity index (χ0n) is 14.3. The molecule has 2 heteroatoms. The van der Waals surface area contributed by atoms with Gasteiger partial charge in [-0.25, -0.2) is 0 Å². The van der Waals surface area contributed by atoms with E-state index in [1.54, 1.807) is 0 Å². The van der Waals surface area contributed by atoms with Gasteiger partial charge in [0, 0.05) is 18.6 Å². The van der Waals surface area contributed by atoms with Crippen LogP contribution in [0.2, 0.25) is 0 Å². The molecule has 0 unspecified atom stereocenters. The van der Waals surface area contributed by atoms with Crippen LogP contribution in [0.1, 0.15) is 66.2 Å². The van der Waals surface area contributed by atoms with E-state index in [-0.39, 0.29) is 0 Å². The van der Waals surface area contributed by atoms with Crippen molar-refractivity contribution in [1.29, 1.82) is 0 Å². The zero-order chi connectivity index (χ0) is 14.5. The Bertz CT molecular complexity index is 261. The summed E-state index contributed by atoms with van der Waals surface area (Å²) in [5, 5.41) is 0. The largest absolute Gasteiger partial charge is 0.303 e. The summed E-state index contributed by atoms with van der Waals surface area (Å²) in [7, 11) is 0. The first kappa shape index (κ1) is 16.3. The second-order valence-corrected chi connectivity index (χ2v) is 7.58. The summed E-state index contributed by atoms with van der Waals surface area (Å²) in [6.07, 6.45) is 8.67. The maximum atomic E-state index is 2.76. The van der Waals surface area contributed by atoms with Crippen molar-refractivity contribution < 1.29 is 0 Å². The van der Waals surface area contributed by atoms with Gasteiger partial charge in [-0.3, -0.25) is 4.90 Å². The molecule has 0 aromatic carbocycles. The lowest BCUT2D eigenvalue weighted by molar-refractivity contribution is 0.0768. The third kappa shape index (κ3) is 4.46. The molecular formula is C18H36N2. The topological polar surface area (TPSA) is 6.48 Å². The predicted molar refractivity (Wildman–Crippen MR) is 88.1 cm³/mol. The highest BCUT2D eigenvalue weighted by Gasteiger charge is 2.27. The molecule has 2 fully saturated rings. The summed E-state index contributed by atoms with van der Waals surface area (Å²) in [5.74, 6) is 1.98. The molecule has 0 aromatic rings. The van der Waals surface area contributed by atoms with E-state index in [1.165, 1.54) is 64.7 Å². The lowest BCUT2D eigenvalue weighted by Crippen LogP contribution is -2.48. The number of rotatable bonds is 5. The minimum atomic E-state index is 0.705. The molecule has 1 saturated carbocycles. The molecule has 1 aliphatic heterocycles. The Hall–Kier alpha value is -0.0800. The van der Waals surface area contributed by atoms with Crippen molar-refractivity contribution in [2.24, 2.45) is 11.8 Å². The van der Waals surface area contributed by atoms with E-state index in [2.05, 4.69) is 37.5 Å². The molecule has 2 aliphatic rings. The molecule has 0 radical (unpaired) electrons. The SMILES string of the molecule is CCN(C(C)C)C1CCN(CC2CCC(C)CC2)CC1. The van der Waals surface area contributed by atoms with Gasteiger partial charge in [0.25, 0.3) is 0 Å². The van der Waals surface area contributed by atoms with E-state index in [9.17, 15) is 0 Å².